The highest BCUT2D eigenvalue weighted by Crippen LogP contribution is 2.42. The molecule has 1 aliphatic carbocycles. The Kier molecular flexibility index (Phi) is 4.07. The van der Waals surface area contributed by atoms with Crippen LogP contribution in [0.3, 0.4) is 0 Å². The molecule has 134 valence electrons. The van der Waals surface area contributed by atoms with Crippen molar-refractivity contribution < 1.29 is 14.4 Å². The summed E-state index contributed by atoms with van der Waals surface area (Å²) in [6, 6.07) is 4.58. The molecule has 0 saturated heterocycles. The molecular weight excluding hydrogens is 352 g/mol. The number of aromatic nitrogens is 2. The summed E-state index contributed by atoms with van der Waals surface area (Å²) in [5, 5.41) is 12.2. The molecule has 0 atom stereocenters. The van der Waals surface area contributed by atoms with E-state index in [0.29, 0.717) is 28.7 Å². The summed E-state index contributed by atoms with van der Waals surface area (Å²) in [6.45, 7) is 4.25. The molecule has 1 aromatic carbocycles. The molecule has 1 aromatic heterocycles. The van der Waals surface area contributed by atoms with Gasteiger partial charge >= 0.3 is 0 Å². The van der Waals surface area contributed by atoms with E-state index in [4.69, 9.17) is 0 Å². The lowest BCUT2D eigenvalue weighted by molar-refractivity contribution is 0.0636. The Balaban J connectivity index is 1.53. The van der Waals surface area contributed by atoms with Gasteiger partial charge in [-0.2, -0.15) is 0 Å². The SMILES string of the molecule is CC(C)CN1C(=O)c2ccc(C(=O)Nc3nnc(C4CC4)s3)cc2C1=O. The van der Waals surface area contributed by atoms with Crippen LogP contribution in [-0.2, 0) is 0 Å². The zero-order valence-corrected chi connectivity index (χ0v) is 15.3. The van der Waals surface area contributed by atoms with E-state index in [0.717, 1.165) is 17.8 Å². The van der Waals surface area contributed by atoms with Gasteiger partial charge in [0.15, 0.2) is 0 Å². The van der Waals surface area contributed by atoms with E-state index in [9.17, 15) is 14.4 Å². The van der Waals surface area contributed by atoms with Crippen molar-refractivity contribution in [3.63, 3.8) is 0 Å². The standard InChI is InChI=1S/C18H18N4O3S/c1-9(2)8-22-16(24)12-6-5-11(7-13(12)17(22)25)14(23)19-18-21-20-15(26-18)10-3-4-10/h5-7,9-10H,3-4,8H2,1-2H3,(H,19,21,23). The highest BCUT2D eigenvalue weighted by molar-refractivity contribution is 7.15. The lowest BCUT2D eigenvalue weighted by Gasteiger charge is -2.15. The molecule has 0 unspecified atom stereocenters. The van der Waals surface area contributed by atoms with Crippen molar-refractivity contribution in [2.75, 3.05) is 11.9 Å². The number of imide groups is 1. The topological polar surface area (TPSA) is 92.3 Å². The molecule has 1 saturated carbocycles. The third-order valence-electron chi connectivity index (χ3n) is 4.37. The van der Waals surface area contributed by atoms with E-state index >= 15 is 0 Å². The largest absolute Gasteiger partial charge is 0.296 e. The zero-order valence-electron chi connectivity index (χ0n) is 14.5. The van der Waals surface area contributed by atoms with Crippen molar-refractivity contribution in [3.05, 3.63) is 39.9 Å². The van der Waals surface area contributed by atoms with Crippen LogP contribution in [0.1, 0.15) is 68.7 Å². The molecule has 2 heterocycles. The molecule has 26 heavy (non-hydrogen) atoms. The summed E-state index contributed by atoms with van der Waals surface area (Å²) in [5.41, 5.74) is 0.942. The Morgan fingerprint density at radius 3 is 2.65 bits per heavy atom. The summed E-state index contributed by atoms with van der Waals surface area (Å²) < 4.78 is 0. The van der Waals surface area contributed by atoms with E-state index in [-0.39, 0.29) is 29.2 Å². The molecule has 3 amide bonds. The maximum Gasteiger partial charge on any atom is 0.261 e. The van der Waals surface area contributed by atoms with Gasteiger partial charge in [-0.05, 0) is 37.0 Å². The predicted molar refractivity (Wildman–Crippen MR) is 96.5 cm³/mol. The van der Waals surface area contributed by atoms with Crippen LogP contribution in [0.4, 0.5) is 5.13 Å². The van der Waals surface area contributed by atoms with Crippen LogP contribution in [0.25, 0.3) is 0 Å². The number of fused-ring (bicyclic) bond motifs is 1. The van der Waals surface area contributed by atoms with Gasteiger partial charge in [-0.25, -0.2) is 0 Å². The van der Waals surface area contributed by atoms with Crippen molar-refractivity contribution >= 4 is 34.2 Å². The Morgan fingerprint density at radius 1 is 1.23 bits per heavy atom. The van der Waals surface area contributed by atoms with E-state index in [1.807, 2.05) is 13.8 Å². The van der Waals surface area contributed by atoms with Gasteiger partial charge in [-0.15, -0.1) is 10.2 Å². The first kappa shape index (κ1) is 16.8. The number of nitrogens with zero attached hydrogens (tertiary/aromatic N) is 3. The number of rotatable bonds is 5. The maximum absolute atomic E-state index is 12.5. The molecule has 8 heteroatoms. The normalized spacial score (nSPS) is 16.3. The molecule has 1 fully saturated rings. The van der Waals surface area contributed by atoms with E-state index in [2.05, 4.69) is 15.5 Å². The molecule has 4 rings (SSSR count). The molecule has 1 N–H and O–H groups in total. The molecule has 2 aromatic rings. The van der Waals surface area contributed by atoms with Crippen LogP contribution in [-0.4, -0.2) is 39.4 Å². The molecule has 0 spiro atoms. The first-order chi connectivity index (χ1) is 12.4. The number of hydrogen-bond acceptors (Lipinski definition) is 6. The average molecular weight is 370 g/mol. The Bertz CT molecular complexity index is 917. The second-order valence-corrected chi connectivity index (χ2v) is 8.06. The minimum Gasteiger partial charge on any atom is -0.296 e. The Labute approximate surface area is 154 Å². The third kappa shape index (κ3) is 3.01. The van der Waals surface area contributed by atoms with Gasteiger partial charge in [-0.3, -0.25) is 24.6 Å². The number of anilines is 1. The molecule has 7 nitrogen and oxygen atoms in total. The van der Waals surface area contributed by atoms with Gasteiger partial charge in [-0.1, -0.05) is 25.2 Å². The zero-order chi connectivity index (χ0) is 18.4. The van der Waals surface area contributed by atoms with Crippen LogP contribution >= 0.6 is 11.3 Å². The molecular formula is C18H18N4O3S. The van der Waals surface area contributed by atoms with Gasteiger partial charge in [0.25, 0.3) is 17.7 Å². The van der Waals surface area contributed by atoms with Gasteiger partial charge in [0.05, 0.1) is 11.1 Å². The predicted octanol–water partition coefficient (Wildman–Crippen LogP) is 2.92. The third-order valence-corrected chi connectivity index (χ3v) is 5.37. The van der Waals surface area contributed by atoms with Crippen molar-refractivity contribution in [1.29, 1.82) is 0 Å². The molecule has 0 radical (unpaired) electrons. The Morgan fingerprint density at radius 2 is 1.96 bits per heavy atom. The monoisotopic (exact) mass is 370 g/mol. The summed E-state index contributed by atoms with van der Waals surface area (Å²) in [6.07, 6.45) is 2.24. The summed E-state index contributed by atoms with van der Waals surface area (Å²) in [5.74, 6) is -0.357. The van der Waals surface area contributed by atoms with Gasteiger partial charge < -0.3 is 0 Å². The van der Waals surface area contributed by atoms with Crippen LogP contribution < -0.4 is 5.32 Å². The number of benzene rings is 1. The highest BCUT2D eigenvalue weighted by atomic mass is 32.1. The fraction of sp³-hybridized carbons (Fsp3) is 0.389. The second-order valence-electron chi connectivity index (χ2n) is 7.05. The lowest BCUT2D eigenvalue weighted by atomic mass is 10.1. The number of amides is 3. The number of carbonyl (C=O) groups is 3. The van der Waals surface area contributed by atoms with E-state index in [1.54, 1.807) is 12.1 Å². The quantitative estimate of drug-likeness (QED) is 0.817. The fourth-order valence-electron chi connectivity index (χ4n) is 2.91. The smallest absolute Gasteiger partial charge is 0.261 e. The van der Waals surface area contributed by atoms with E-state index in [1.165, 1.54) is 22.3 Å². The fourth-order valence-corrected chi connectivity index (χ4v) is 3.82. The van der Waals surface area contributed by atoms with Gasteiger partial charge in [0.1, 0.15) is 5.01 Å². The first-order valence-electron chi connectivity index (χ1n) is 8.59. The maximum atomic E-state index is 12.5. The van der Waals surface area contributed by atoms with Crippen LogP contribution in [0, 0.1) is 5.92 Å². The van der Waals surface area contributed by atoms with Gasteiger partial charge in [0.2, 0.25) is 5.13 Å². The van der Waals surface area contributed by atoms with Crippen molar-refractivity contribution in [3.8, 4) is 0 Å². The van der Waals surface area contributed by atoms with Crippen LogP contribution in [0.5, 0.6) is 0 Å². The van der Waals surface area contributed by atoms with Crippen molar-refractivity contribution in [1.82, 2.24) is 15.1 Å². The summed E-state index contributed by atoms with van der Waals surface area (Å²) in [4.78, 5) is 38.6. The summed E-state index contributed by atoms with van der Waals surface area (Å²) in [7, 11) is 0. The number of nitrogens with one attached hydrogen (secondary N) is 1. The van der Waals surface area contributed by atoms with Crippen molar-refractivity contribution in [2.24, 2.45) is 5.92 Å². The summed E-state index contributed by atoms with van der Waals surface area (Å²) >= 11 is 1.38. The number of hydrogen-bond donors (Lipinski definition) is 1. The lowest BCUT2D eigenvalue weighted by Crippen LogP contribution is -2.33. The number of carbonyl (C=O) groups excluding carboxylic acids is 3. The van der Waals surface area contributed by atoms with E-state index < -0.39 is 0 Å². The van der Waals surface area contributed by atoms with Gasteiger partial charge in [0, 0.05) is 18.0 Å². The average Bonchev–Trinajstić information content (AvgIpc) is 3.32. The van der Waals surface area contributed by atoms with Crippen molar-refractivity contribution in [2.45, 2.75) is 32.6 Å². The molecule has 0 bridgehead atoms. The van der Waals surface area contributed by atoms with Crippen LogP contribution in [0.15, 0.2) is 18.2 Å². The highest BCUT2D eigenvalue weighted by Gasteiger charge is 2.36. The Hall–Kier alpha value is -2.61. The minimum atomic E-state index is -0.367. The van der Waals surface area contributed by atoms with Crippen LogP contribution in [0.2, 0.25) is 0 Å². The minimum absolute atomic E-state index is 0.179. The molecule has 1 aliphatic heterocycles. The second kappa shape index (κ2) is 6.28. The molecule has 2 aliphatic rings. The first-order valence-corrected chi connectivity index (χ1v) is 9.40.